The Balaban J connectivity index is 2.73. The monoisotopic (exact) mass is 245 g/mol. The molecule has 0 aliphatic heterocycles. The molecule has 0 saturated heterocycles. The van der Waals surface area contributed by atoms with Crippen LogP contribution >= 0.6 is 0 Å². The van der Waals surface area contributed by atoms with Gasteiger partial charge in [0.25, 0.3) is 10.0 Å². The average Bonchev–Trinajstić information content (AvgIpc) is 2.49. The van der Waals surface area contributed by atoms with Gasteiger partial charge in [0.15, 0.2) is 5.03 Å². The van der Waals surface area contributed by atoms with E-state index < -0.39 is 10.0 Å². The summed E-state index contributed by atoms with van der Waals surface area (Å²) in [5, 5.41) is 0.126. The van der Waals surface area contributed by atoms with Gasteiger partial charge in [0, 0.05) is 6.04 Å². The minimum atomic E-state index is -3.45. The molecular weight excluding hydrogens is 226 g/mol. The van der Waals surface area contributed by atoms with E-state index in [2.05, 4.69) is 28.5 Å². The molecule has 0 fully saturated rings. The first kappa shape index (κ1) is 13.2. The van der Waals surface area contributed by atoms with Gasteiger partial charge >= 0.3 is 0 Å². The van der Waals surface area contributed by atoms with Crippen molar-refractivity contribution in [3.63, 3.8) is 0 Å². The molecule has 0 amide bonds. The topological polar surface area (TPSA) is 74.8 Å². The third kappa shape index (κ3) is 3.61. The van der Waals surface area contributed by atoms with Gasteiger partial charge in [-0.2, -0.15) is 0 Å². The summed E-state index contributed by atoms with van der Waals surface area (Å²) in [5.74, 6) is 1.05. The predicted octanol–water partition coefficient (Wildman–Crippen LogP) is 1.43. The number of aryl methyl sites for hydroxylation is 1. The number of sulfonamides is 1. The smallest absolute Gasteiger partial charge is 0.257 e. The molecule has 0 aliphatic rings. The van der Waals surface area contributed by atoms with Gasteiger partial charge in [-0.1, -0.05) is 13.8 Å². The molecule has 1 unspecified atom stereocenters. The Morgan fingerprint density at radius 2 is 2.06 bits per heavy atom. The summed E-state index contributed by atoms with van der Waals surface area (Å²) in [4.78, 5) is 6.59. The van der Waals surface area contributed by atoms with Crippen molar-refractivity contribution in [2.24, 2.45) is 5.92 Å². The number of H-pyrrole nitrogens is 1. The number of nitrogens with one attached hydrogen (secondary N) is 2. The Hall–Kier alpha value is -0.880. The van der Waals surface area contributed by atoms with E-state index in [1.807, 2.05) is 6.92 Å². The van der Waals surface area contributed by atoms with Gasteiger partial charge in [0.2, 0.25) is 0 Å². The maximum Gasteiger partial charge on any atom is 0.257 e. The lowest BCUT2D eigenvalue weighted by Gasteiger charge is -2.15. The van der Waals surface area contributed by atoms with Gasteiger partial charge in [-0.25, -0.2) is 18.1 Å². The zero-order valence-electron chi connectivity index (χ0n) is 10.1. The van der Waals surface area contributed by atoms with Crippen LogP contribution in [-0.2, 0) is 10.0 Å². The third-order valence-electron chi connectivity index (χ3n) is 2.15. The minimum absolute atomic E-state index is 0.0754. The predicted molar refractivity (Wildman–Crippen MR) is 62.6 cm³/mol. The molecule has 92 valence electrons. The number of rotatable bonds is 5. The van der Waals surface area contributed by atoms with Gasteiger partial charge in [0.1, 0.15) is 5.82 Å². The lowest BCUT2D eigenvalue weighted by atomic mass is 10.1. The summed E-state index contributed by atoms with van der Waals surface area (Å²) < 4.78 is 26.3. The second-order valence-electron chi connectivity index (χ2n) is 4.48. The van der Waals surface area contributed by atoms with Crippen LogP contribution in [0.3, 0.4) is 0 Å². The molecule has 1 heterocycles. The maximum absolute atomic E-state index is 11.9. The fourth-order valence-electron chi connectivity index (χ4n) is 1.62. The van der Waals surface area contributed by atoms with Crippen molar-refractivity contribution in [3.05, 3.63) is 12.0 Å². The van der Waals surface area contributed by atoms with Crippen molar-refractivity contribution >= 4 is 10.0 Å². The largest absolute Gasteiger partial charge is 0.332 e. The molecule has 5 nitrogen and oxygen atoms in total. The van der Waals surface area contributed by atoms with Gasteiger partial charge < -0.3 is 4.98 Å². The number of aromatic nitrogens is 2. The Labute approximate surface area is 96.7 Å². The van der Waals surface area contributed by atoms with E-state index in [0.717, 1.165) is 6.42 Å². The van der Waals surface area contributed by atoms with Crippen LogP contribution in [0.4, 0.5) is 0 Å². The molecule has 16 heavy (non-hydrogen) atoms. The van der Waals surface area contributed by atoms with Crippen molar-refractivity contribution in [1.82, 2.24) is 14.7 Å². The number of nitrogens with zero attached hydrogens (tertiary/aromatic N) is 1. The number of imidazole rings is 1. The number of aromatic amines is 1. The van der Waals surface area contributed by atoms with Crippen LogP contribution in [0.25, 0.3) is 0 Å². The van der Waals surface area contributed by atoms with E-state index in [-0.39, 0.29) is 11.1 Å². The molecule has 1 aromatic heterocycles. The second kappa shape index (κ2) is 4.97. The lowest BCUT2D eigenvalue weighted by molar-refractivity contribution is 0.481. The van der Waals surface area contributed by atoms with Crippen LogP contribution in [-0.4, -0.2) is 24.4 Å². The molecule has 1 atom stereocenters. The first-order valence-electron chi connectivity index (χ1n) is 5.35. The summed E-state index contributed by atoms with van der Waals surface area (Å²) in [6.45, 7) is 7.70. The highest BCUT2D eigenvalue weighted by molar-refractivity contribution is 7.89. The molecule has 0 saturated carbocycles. The van der Waals surface area contributed by atoms with Crippen LogP contribution in [0.2, 0.25) is 0 Å². The zero-order chi connectivity index (χ0) is 12.3. The van der Waals surface area contributed by atoms with Gasteiger partial charge in [-0.3, -0.25) is 0 Å². The number of hydrogen-bond acceptors (Lipinski definition) is 3. The molecule has 1 aromatic rings. The molecular formula is C10H19N3O2S. The molecule has 0 aliphatic carbocycles. The number of hydrogen-bond donors (Lipinski definition) is 2. The van der Waals surface area contributed by atoms with E-state index in [0.29, 0.717) is 11.7 Å². The van der Waals surface area contributed by atoms with Crippen LogP contribution in [0.15, 0.2) is 11.2 Å². The fraction of sp³-hybridized carbons (Fsp3) is 0.700. The van der Waals surface area contributed by atoms with Crippen molar-refractivity contribution in [3.8, 4) is 0 Å². The highest BCUT2D eigenvalue weighted by atomic mass is 32.2. The van der Waals surface area contributed by atoms with Crippen LogP contribution < -0.4 is 4.72 Å². The lowest BCUT2D eigenvalue weighted by Crippen LogP contribution is -2.33. The Bertz CT molecular complexity index is 437. The van der Waals surface area contributed by atoms with Crippen molar-refractivity contribution in [2.75, 3.05) is 0 Å². The van der Waals surface area contributed by atoms with Crippen LogP contribution in [0.5, 0.6) is 0 Å². The van der Waals surface area contributed by atoms with E-state index in [1.54, 1.807) is 6.92 Å². The van der Waals surface area contributed by atoms with Crippen LogP contribution in [0.1, 0.15) is 33.0 Å². The molecule has 0 bridgehead atoms. The van der Waals surface area contributed by atoms with E-state index in [1.165, 1.54) is 6.20 Å². The van der Waals surface area contributed by atoms with Gasteiger partial charge in [0.05, 0.1) is 6.20 Å². The quantitative estimate of drug-likeness (QED) is 0.824. The maximum atomic E-state index is 11.9. The molecule has 6 heteroatoms. The molecule has 0 aromatic carbocycles. The summed E-state index contributed by atoms with van der Waals surface area (Å²) in [7, 11) is -3.45. The molecule has 0 spiro atoms. The standard InChI is InChI=1S/C10H19N3O2S/c1-7(2)5-8(3)13-16(14,15)10-6-11-9(4)12-10/h6-8,13H,5H2,1-4H3,(H,11,12). The van der Waals surface area contributed by atoms with E-state index in [4.69, 9.17) is 0 Å². The molecule has 2 N–H and O–H groups in total. The fourth-order valence-corrected chi connectivity index (χ4v) is 2.84. The zero-order valence-corrected chi connectivity index (χ0v) is 10.9. The average molecular weight is 245 g/mol. The van der Waals surface area contributed by atoms with Crippen molar-refractivity contribution in [2.45, 2.75) is 45.2 Å². The second-order valence-corrected chi connectivity index (χ2v) is 6.17. The van der Waals surface area contributed by atoms with Gasteiger partial charge in [-0.05, 0) is 26.2 Å². The SMILES string of the molecule is Cc1ncc(S(=O)(=O)NC(C)CC(C)C)[nH]1. The summed E-state index contributed by atoms with van der Waals surface area (Å²) in [6.07, 6.45) is 2.14. The summed E-state index contributed by atoms with van der Waals surface area (Å²) >= 11 is 0. The van der Waals surface area contributed by atoms with Crippen LogP contribution in [0, 0.1) is 12.8 Å². The van der Waals surface area contributed by atoms with Crippen molar-refractivity contribution < 1.29 is 8.42 Å². The highest BCUT2D eigenvalue weighted by Gasteiger charge is 2.19. The van der Waals surface area contributed by atoms with Gasteiger partial charge in [-0.15, -0.1) is 0 Å². The first-order valence-corrected chi connectivity index (χ1v) is 6.83. The Morgan fingerprint density at radius 1 is 1.44 bits per heavy atom. The highest BCUT2D eigenvalue weighted by Crippen LogP contribution is 2.09. The normalized spacial score (nSPS) is 14.3. The Kier molecular flexibility index (Phi) is 4.09. The third-order valence-corrected chi connectivity index (χ3v) is 3.65. The molecule has 0 radical (unpaired) electrons. The molecule has 1 rings (SSSR count). The first-order chi connectivity index (χ1) is 7.31. The van der Waals surface area contributed by atoms with E-state index >= 15 is 0 Å². The summed E-state index contributed by atoms with van der Waals surface area (Å²) in [5.41, 5.74) is 0. The van der Waals surface area contributed by atoms with Crippen molar-refractivity contribution in [1.29, 1.82) is 0 Å². The summed E-state index contributed by atoms with van der Waals surface area (Å²) in [6, 6.07) is -0.0754. The Morgan fingerprint density at radius 3 is 2.50 bits per heavy atom. The minimum Gasteiger partial charge on any atom is -0.332 e. The van der Waals surface area contributed by atoms with E-state index in [9.17, 15) is 8.42 Å².